The number of allylic oxidation sites excluding steroid dienone is 1. The van der Waals surface area contributed by atoms with Gasteiger partial charge in [0.05, 0.1) is 5.70 Å². The number of hydrogen-bond donors (Lipinski definition) is 0. The Morgan fingerprint density at radius 3 is 2.30 bits per heavy atom. The Morgan fingerprint density at radius 1 is 1.13 bits per heavy atom. The van der Waals surface area contributed by atoms with Crippen molar-refractivity contribution in [2.24, 2.45) is 4.99 Å². The van der Waals surface area contributed by atoms with Crippen LogP contribution in [-0.2, 0) is 0 Å². The number of hydrogen-bond acceptors (Lipinski definition) is 2. The number of carbonyl (C=O) groups excluding carboxylic acids is 1. The maximum Gasteiger partial charge on any atom is 0.324 e. The second-order valence-corrected chi connectivity index (χ2v) is 6.20. The molecule has 1 aromatic carbocycles. The molecule has 1 aliphatic carbocycles. The normalized spacial score (nSPS) is 16.5. The Morgan fingerprint density at radius 2 is 1.74 bits per heavy atom. The monoisotopic (exact) mass is 313 g/mol. The topological polar surface area (TPSA) is 35.9 Å². The lowest BCUT2D eigenvalue weighted by Gasteiger charge is -2.34. The van der Waals surface area contributed by atoms with Gasteiger partial charge < -0.3 is 4.90 Å². The zero-order valence-corrected chi connectivity index (χ0v) is 14.5. The summed E-state index contributed by atoms with van der Waals surface area (Å²) in [5.41, 5.74) is 2.54. The van der Waals surface area contributed by atoms with Crippen molar-refractivity contribution in [1.29, 1.82) is 0 Å². The molecular weight excluding hydrogens is 286 g/mol. The number of nitrogens with zero attached hydrogens (tertiary/aromatic N) is 3. The maximum absolute atomic E-state index is 12.8. The highest BCUT2D eigenvalue weighted by Crippen LogP contribution is 2.25. The molecule has 1 aromatic rings. The summed E-state index contributed by atoms with van der Waals surface area (Å²) in [6.45, 7) is 5.60. The van der Waals surface area contributed by atoms with E-state index in [0.717, 1.165) is 29.8 Å². The summed E-state index contributed by atoms with van der Waals surface area (Å²) in [6, 6.07) is 10.2. The van der Waals surface area contributed by atoms with E-state index in [2.05, 4.69) is 11.7 Å². The lowest BCUT2D eigenvalue weighted by molar-refractivity contribution is 0.151. The lowest BCUT2D eigenvalue weighted by atomic mass is 9.95. The molecule has 0 atom stereocenters. The summed E-state index contributed by atoms with van der Waals surface area (Å²) in [5, 5.41) is 0. The standard InChI is InChI=1S/C19H27N3O/c1-15(18(20-2)16-11-7-5-8-12-16)21(3)19(23)22(4)17-13-9-6-10-14-17/h5,7-8,11-12,17H,2,6,9-10,13-14H2,1,3-4H3. The van der Waals surface area contributed by atoms with Crippen LogP contribution in [0.2, 0.25) is 0 Å². The number of rotatable bonds is 4. The minimum absolute atomic E-state index is 0.0199. The van der Waals surface area contributed by atoms with Gasteiger partial charge in [0.25, 0.3) is 0 Å². The predicted octanol–water partition coefficient (Wildman–Crippen LogP) is 4.39. The number of carbonyl (C=O) groups is 1. The van der Waals surface area contributed by atoms with Gasteiger partial charge in [-0.1, -0.05) is 49.6 Å². The second-order valence-electron chi connectivity index (χ2n) is 6.20. The van der Waals surface area contributed by atoms with Crippen LogP contribution >= 0.6 is 0 Å². The summed E-state index contributed by atoms with van der Waals surface area (Å²) in [7, 11) is 3.72. The molecule has 0 heterocycles. The molecular formula is C19H27N3O. The third kappa shape index (κ3) is 4.01. The second kappa shape index (κ2) is 7.95. The molecule has 4 nitrogen and oxygen atoms in total. The molecule has 2 amide bonds. The van der Waals surface area contributed by atoms with Crippen molar-refractivity contribution in [3.05, 3.63) is 41.6 Å². The van der Waals surface area contributed by atoms with E-state index in [9.17, 15) is 4.79 Å². The third-order valence-electron chi connectivity index (χ3n) is 4.76. The first-order chi connectivity index (χ1) is 11.1. The van der Waals surface area contributed by atoms with Gasteiger partial charge in [-0.3, -0.25) is 9.89 Å². The number of benzene rings is 1. The summed E-state index contributed by atoms with van der Waals surface area (Å²) in [6.07, 6.45) is 5.91. The first-order valence-electron chi connectivity index (χ1n) is 8.29. The predicted molar refractivity (Wildman–Crippen MR) is 96.4 cm³/mol. The van der Waals surface area contributed by atoms with Crippen LogP contribution in [-0.4, -0.2) is 42.7 Å². The molecule has 0 spiro atoms. The van der Waals surface area contributed by atoms with Crippen molar-refractivity contribution in [1.82, 2.24) is 9.80 Å². The van der Waals surface area contributed by atoms with Crippen LogP contribution < -0.4 is 0 Å². The van der Waals surface area contributed by atoms with Gasteiger partial charge in [-0.25, -0.2) is 4.79 Å². The van der Waals surface area contributed by atoms with Crippen molar-refractivity contribution in [2.75, 3.05) is 14.1 Å². The summed E-state index contributed by atoms with van der Waals surface area (Å²) in [5.74, 6) is 0. The van der Waals surface area contributed by atoms with E-state index in [1.165, 1.54) is 19.3 Å². The molecule has 0 aromatic heterocycles. The van der Waals surface area contributed by atoms with E-state index in [1.807, 2.05) is 56.3 Å². The van der Waals surface area contributed by atoms with Crippen molar-refractivity contribution in [3.63, 3.8) is 0 Å². The highest BCUT2D eigenvalue weighted by molar-refractivity contribution is 5.80. The van der Waals surface area contributed by atoms with Gasteiger partial charge in [-0.15, -0.1) is 0 Å². The Balaban J connectivity index is 2.19. The zero-order chi connectivity index (χ0) is 16.8. The minimum atomic E-state index is 0.0199. The highest BCUT2D eigenvalue weighted by atomic mass is 16.2. The van der Waals surface area contributed by atoms with Gasteiger partial charge >= 0.3 is 6.03 Å². The van der Waals surface area contributed by atoms with Crippen molar-refractivity contribution in [2.45, 2.75) is 45.1 Å². The smallest absolute Gasteiger partial charge is 0.324 e. The van der Waals surface area contributed by atoms with E-state index in [-0.39, 0.29) is 6.03 Å². The van der Waals surface area contributed by atoms with Crippen LogP contribution in [0.1, 0.15) is 44.6 Å². The van der Waals surface area contributed by atoms with E-state index < -0.39 is 0 Å². The Kier molecular flexibility index (Phi) is 5.97. The number of aliphatic imine (C=N–C) groups is 1. The van der Waals surface area contributed by atoms with E-state index >= 15 is 0 Å². The van der Waals surface area contributed by atoms with Gasteiger partial charge in [0.15, 0.2) is 0 Å². The number of amides is 2. The fourth-order valence-electron chi connectivity index (χ4n) is 3.17. The molecule has 0 saturated heterocycles. The van der Waals surface area contributed by atoms with Crippen LogP contribution in [0.4, 0.5) is 4.79 Å². The summed E-state index contributed by atoms with van der Waals surface area (Å²) >= 11 is 0. The van der Waals surface area contributed by atoms with Gasteiger partial charge in [-0.05, 0) is 26.5 Å². The maximum atomic E-state index is 12.8. The van der Waals surface area contributed by atoms with Crippen LogP contribution in [0.15, 0.2) is 41.0 Å². The molecule has 23 heavy (non-hydrogen) atoms. The van der Waals surface area contributed by atoms with E-state index in [4.69, 9.17) is 0 Å². The Bertz CT molecular complexity index is 574. The molecule has 1 saturated carbocycles. The molecule has 1 fully saturated rings. The fourth-order valence-corrected chi connectivity index (χ4v) is 3.17. The minimum Gasteiger partial charge on any atom is -0.324 e. The summed E-state index contributed by atoms with van der Waals surface area (Å²) in [4.78, 5) is 20.5. The first kappa shape index (κ1) is 17.3. The SMILES string of the molecule is C=NC(=C(C)N(C)C(=O)N(C)C1CCCCC1)c1ccccc1. The molecule has 124 valence electrons. The Labute approximate surface area is 139 Å². The molecule has 1 aliphatic rings. The average molecular weight is 313 g/mol. The lowest BCUT2D eigenvalue weighted by Crippen LogP contribution is -2.44. The van der Waals surface area contributed by atoms with Crippen molar-refractivity contribution < 1.29 is 4.79 Å². The van der Waals surface area contributed by atoms with Crippen molar-refractivity contribution in [3.8, 4) is 0 Å². The average Bonchev–Trinajstić information content (AvgIpc) is 2.62. The molecule has 0 bridgehead atoms. The van der Waals surface area contributed by atoms with Gasteiger partial charge in [0.1, 0.15) is 0 Å². The van der Waals surface area contributed by atoms with E-state index in [1.54, 1.807) is 4.90 Å². The van der Waals surface area contributed by atoms with Crippen LogP contribution in [0.3, 0.4) is 0 Å². The largest absolute Gasteiger partial charge is 0.324 e. The van der Waals surface area contributed by atoms with Crippen LogP contribution in [0.25, 0.3) is 5.70 Å². The quantitative estimate of drug-likeness (QED) is 0.759. The van der Waals surface area contributed by atoms with Gasteiger partial charge in [0.2, 0.25) is 0 Å². The summed E-state index contributed by atoms with van der Waals surface area (Å²) < 4.78 is 0. The molecule has 0 aliphatic heterocycles. The number of urea groups is 1. The molecule has 2 rings (SSSR count). The van der Waals surface area contributed by atoms with Gasteiger partial charge in [0, 0.05) is 31.4 Å². The first-order valence-corrected chi connectivity index (χ1v) is 8.29. The van der Waals surface area contributed by atoms with Gasteiger partial charge in [-0.2, -0.15) is 0 Å². The zero-order valence-electron chi connectivity index (χ0n) is 14.5. The third-order valence-corrected chi connectivity index (χ3v) is 4.76. The fraction of sp³-hybridized carbons (Fsp3) is 0.474. The van der Waals surface area contributed by atoms with E-state index in [0.29, 0.717) is 6.04 Å². The van der Waals surface area contributed by atoms with Crippen molar-refractivity contribution >= 4 is 18.4 Å². The highest BCUT2D eigenvalue weighted by Gasteiger charge is 2.25. The molecule has 4 heteroatoms. The molecule has 0 unspecified atom stereocenters. The van der Waals surface area contributed by atoms with Crippen LogP contribution in [0, 0.1) is 0 Å². The molecule has 0 radical (unpaired) electrons. The van der Waals surface area contributed by atoms with Crippen LogP contribution in [0.5, 0.6) is 0 Å². The Hall–Kier alpha value is -2.10. The molecule has 0 N–H and O–H groups in total.